The SMILES string of the molecule is CC=O.CN(C)C.COC1/C=C/CC(C)C(C)S(=O)NC(=O)c2ccc3c(c2)N(CC2CCC21)C[C@@]1(CCCc2cc(Cl)ccc21)CO3. The molecule has 1 fully saturated rings. The van der Waals surface area contributed by atoms with E-state index in [1.807, 2.05) is 51.2 Å². The van der Waals surface area contributed by atoms with Crippen LogP contribution in [0.25, 0.3) is 0 Å². The minimum Gasteiger partial charge on any atom is -0.490 e. The van der Waals surface area contributed by atoms with Gasteiger partial charge in [-0.15, -0.1) is 0 Å². The first-order valence-electron chi connectivity index (χ1n) is 17.1. The number of allylic oxidation sites excluding steroid dienone is 1. The molecule has 2 aromatic rings. The quantitative estimate of drug-likeness (QED) is 0.265. The zero-order chi connectivity index (χ0) is 35.0. The van der Waals surface area contributed by atoms with E-state index in [0.29, 0.717) is 24.0 Å². The first-order chi connectivity index (χ1) is 22.9. The second kappa shape index (κ2) is 17.3. The second-order valence-electron chi connectivity index (χ2n) is 14.1. The number of nitrogens with one attached hydrogen (secondary N) is 1. The number of aldehydes is 1. The van der Waals surface area contributed by atoms with Crippen molar-refractivity contribution in [3.8, 4) is 5.75 Å². The molecule has 2 bridgehead atoms. The smallest absolute Gasteiger partial charge is 0.263 e. The third-order valence-corrected chi connectivity index (χ3v) is 11.9. The van der Waals surface area contributed by atoms with Crippen LogP contribution in [0.5, 0.6) is 5.75 Å². The first-order valence-corrected chi connectivity index (χ1v) is 18.7. The number of amides is 1. The maximum Gasteiger partial charge on any atom is 0.263 e. The van der Waals surface area contributed by atoms with E-state index in [1.165, 1.54) is 18.1 Å². The Morgan fingerprint density at radius 2 is 1.88 bits per heavy atom. The van der Waals surface area contributed by atoms with Gasteiger partial charge in [0.15, 0.2) is 0 Å². The summed E-state index contributed by atoms with van der Waals surface area (Å²) in [6, 6.07) is 12.0. The van der Waals surface area contributed by atoms with Crippen LogP contribution in [0.2, 0.25) is 5.02 Å². The summed E-state index contributed by atoms with van der Waals surface area (Å²) in [7, 11) is 6.30. The van der Waals surface area contributed by atoms with E-state index in [2.05, 4.69) is 40.8 Å². The molecule has 0 aromatic heterocycles. The number of aryl methyl sites for hydroxylation is 1. The van der Waals surface area contributed by atoms with Gasteiger partial charge in [-0.25, -0.2) is 4.21 Å². The Labute approximate surface area is 295 Å². The molecule has 10 heteroatoms. The van der Waals surface area contributed by atoms with Crippen LogP contribution in [0.1, 0.15) is 74.4 Å². The Bertz CT molecular complexity index is 1470. The Kier molecular flexibility index (Phi) is 13.7. The number of hydrogen-bond donors (Lipinski definition) is 1. The largest absolute Gasteiger partial charge is 0.490 e. The van der Waals surface area contributed by atoms with Crippen molar-refractivity contribution < 1.29 is 23.3 Å². The lowest BCUT2D eigenvalue weighted by atomic mass is 9.68. The minimum absolute atomic E-state index is 0.0508. The van der Waals surface area contributed by atoms with Crippen molar-refractivity contribution in [1.82, 2.24) is 9.62 Å². The molecule has 48 heavy (non-hydrogen) atoms. The van der Waals surface area contributed by atoms with Gasteiger partial charge in [-0.05, 0) is 133 Å². The van der Waals surface area contributed by atoms with E-state index >= 15 is 0 Å². The van der Waals surface area contributed by atoms with Crippen LogP contribution in [0.3, 0.4) is 0 Å². The van der Waals surface area contributed by atoms with E-state index in [9.17, 15) is 9.00 Å². The van der Waals surface area contributed by atoms with Crippen molar-refractivity contribution in [2.45, 2.75) is 76.1 Å². The summed E-state index contributed by atoms with van der Waals surface area (Å²) in [4.78, 5) is 26.6. The predicted molar refractivity (Wildman–Crippen MR) is 197 cm³/mol. The second-order valence-corrected chi connectivity index (χ2v) is 16.1. The number of benzene rings is 2. The highest BCUT2D eigenvalue weighted by Crippen LogP contribution is 2.47. The monoisotopic (exact) mass is 699 g/mol. The van der Waals surface area contributed by atoms with Gasteiger partial charge in [0.1, 0.15) is 23.0 Å². The van der Waals surface area contributed by atoms with Crippen molar-refractivity contribution in [3.63, 3.8) is 0 Å². The predicted octanol–water partition coefficient (Wildman–Crippen LogP) is 6.62. The standard InChI is InChI=1S/C33H41ClN2O4S.C3H9N.C2H4O/c1-21-6-4-8-30(39-3)27-12-9-25(27)18-36-19-33(15-5-7-23-16-26(34)11-13-28(23)33)20-40-31-14-10-24(17-29(31)36)32(37)35-41(38)22(21)2;1-4(2)3;1-2-3/h4,8,10-11,13-14,16-17,21-22,25,27,30H,5-7,9,12,15,18-20H2,1-3H3,(H,35,37);1-3H3;2H,1H3/b8-4+;;/t21?,22?,25?,27?,30?,33-,41?;;/m0../s1. The van der Waals surface area contributed by atoms with Crippen molar-refractivity contribution in [2.75, 3.05) is 52.8 Å². The fourth-order valence-electron chi connectivity index (χ4n) is 7.26. The molecule has 1 spiro atoms. The van der Waals surface area contributed by atoms with Gasteiger partial charge in [0.25, 0.3) is 5.91 Å². The summed E-state index contributed by atoms with van der Waals surface area (Å²) in [6.07, 6.45) is 11.4. The van der Waals surface area contributed by atoms with E-state index in [1.54, 1.807) is 13.2 Å². The van der Waals surface area contributed by atoms with Gasteiger partial charge in [0.2, 0.25) is 0 Å². The summed E-state index contributed by atoms with van der Waals surface area (Å²) < 4.78 is 28.5. The maximum atomic E-state index is 13.3. The van der Waals surface area contributed by atoms with Gasteiger partial charge < -0.3 is 24.1 Å². The Hall–Kier alpha value is -2.72. The van der Waals surface area contributed by atoms with E-state index in [4.69, 9.17) is 25.9 Å². The average molecular weight is 700 g/mol. The zero-order valence-corrected chi connectivity index (χ0v) is 31.2. The number of carbonyl (C=O) groups is 2. The number of halogens is 1. The van der Waals surface area contributed by atoms with Crippen molar-refractivity contribution >= 4 is 40.5 Å². The van der Waals surface area contributed by atoms with Gasteiger partial charge >= 0.3 is 0 Å². The number of nitrogens with zero attached hydrogens (tertiary/aromatic N) is 2. The van der Waals surface area contributed by atoms with Crippen LogP contribution in [0.4, 0.5) is 5.69 Å². The van der Waals surface area contributed by atoms with Gasteiger partial charge in [-0.3, -0.25) is 9.52 Å². The molecule has 0 radical (unpaired) electrons. The molecule has 2 heterocycles. The first kappa shape index (κ1) is 38.1. The number of rotatable bonds is 1. The van der Waals surface area contributed by atoms with Crippen LogP contribution in [-0.4, -0.2) is 80.6 Å². The van der Waals surface area contributed by atoms with Gasteiger partial charge in [0, 0.05) is 36.2 Å². The number of methoxy groups -OCH3 is 1. The fraction of sp³-hybridized carbons (Fsp3) is 0.579. The molecule has 6 unspecified atom stereocenters. The molecule has 0 saturated heterocycles. The van der Waals surface area contributed by atoms with Crippen molar-refractivity contribution in [1.29, 1.82) is 0 Å². The van der Waals surface area contributed by atoms with Crippen molar-refractivity contribution in [2.24, 2.45) is 17.8 Å². The lowest BCUT2D eigenvalue weighted by Crippen LogP contribution is -2.49. The highest BCUT2D eigenvalue weighted by molar-refractivity contribution is 7.84. The lowest BCUT2D eigenvalue weighted by Gasteiger charge is -2.46. The molecule has 2 aliphatic carbocycles. The molecule has 2 aromatic carbocycles. The molecule has 264 valence electrons. The van der Waals surface area contributed by atoms with Gasteiger partial charge in [-0.1, -0.05) is 36.7 Å². The van der Waals surface area contributed by atoms with Crippen LogP contribution in [-0.2, 0) is 32.4 Å². The zero-order valence-electron chi connectivity index (χ0n) is 29.7. The van der Waals surface area contributed by atoms with Gasteiger partial charge in [-0.2, -0.15) is 0 Å². The topological polar surface area (TPSA) is 88.2 Å². The van der Waals surface area contributed by atoms with Crippen LogP contribution < -0.4 is 14.4 Å². The molecular weight excluding hydrogens is 646 g/mol. The number of carbonyl (C=O) groups excluding carboxylic acids is 2. The fourth-order valence-corrected chi connectivity index (χ4v) is 8.48. The Morgan fingerprint density at radius 1 is 1.15 bits per heavy atom. The molecule has 6 rings (SSSR count). The molecule has 1 saturated carbocycles. The summed E-state index contributed by atoms with van der Waals surface area (Å²) in [6.45, 7) is 7.71. The lowest BCUT2D eigenvalue weighted by molar-refractivity contribution is -0.106. The van der Waals surface area contributed by atoms with Gasteiger partial charge in [0.05, 0.1) is 23.6 Å². The van der Waals surface area contributed by atoms with E-state index in [0.717, 1.165) is 74.4 Å². The van der Waals surface area contributed by atoms with Crippen LogP contribution in [0.15, 0.2) is 48.6 Å². The van der Waals surface area contributed by atoms with Crippen LogP contribution >= 0.6 is 11.6 Å². The highest BCUT2D eigenvalue weighted by atomic mass is 35.5. The highest BCUT2D eigenvalue weighted by Gasteiger charge is 2.44. The number of fused-ring (bicyclic) bond motifs is 4. The Balaban J connectivity index is 0.000000682. The molecular formula is C38H54ClN3O5S. The number of anilines is 1. The minimum atomic E-state index is -1.50. The molecule has 2 aliphatic heterocycles. The molecule has 1 N–H and O–H groups in total. The summed E-state index contributed by atoms with van der Waals surface area (Å²) in [5.74, 6) is 1.53. The van der Waals surface area contributed by atoms with Crippen molar-refractivity contribution in [3.05, 3.63) is 70.3 Å². The summed E-state index contributed by atoms with van der Waals surface area (Å²) >= 11 is 6.41. The third kappa shape index (κ3) is 9.09. The molecule has 8 nitrogen and oxygen atoms in total. The summed E-state index contributed by atoms with van der Waals surface area (Å²) in [5.41, 5.74) is 3.90. The van der Waals surface area contributed by atoms with E-state index < -0.39 is 11.0 Å². The van der Waals surface area contributed by atoms with Crippen LogP contribution in [0, 0.1) is 17.8 Å². The Morgan fingerprint density at radius 3 is 2.54 bits per heavy atom. The average Bonchev–Trinajstić information content (AvgIpc) is 3.18. The number of hydrogen-bond acceptors (Lipinski definition) is 7. The molecule has 4 aliphatic rings. The van der Waals surface area contributed by atoms with E-state index in [-0.39, 0.29) is 28.6 Å². The summed E-state index contributed by atoms with van der Waals surface area (Å²) in [5, 5.41) is 0.589. The normalized spacial score (nSPS) is 30.4. The third-order valence-electron chi connectivity index (χ3n) is 10.1. The molecule has 1 amide bonds. The number of ether oxygens (including phenoxy) is 2. The maximum absolute atomic E-state index is 13.3. The molecule has 7 atom stereocenters.